The molecular weight excluding hydrogens is 506 g/mol. The third kappa shape index (κ3) is 4.18. The van der Waals surface area contributed by atoms with Crippen molar-refractivity contribution in [2.24, 2.45) is 29.1 Å². The average molecular weight is 548 g/mol. The average Bonchev–Trinajstić information content (AvgIpc) is 3.45. The molecule has 1 saturated heterocycles. The lowest BCUT2D eigenvalue weighted by atomic mass is 9.48. The Morgan fingerprint density at radius 1 is 1.28 bits per heavy atom. The normalized spacial score (nSPS) is 47.8. The summed E-state index contributed by atoms with van der Waals surface area (Å²) in [6.07, 6.45) is -2.01. The lowest BCUT2D eigenvalue weighted by Crippen LogP contribution is -2.65. The first-order chi connectivity index (χ1) is 18.4. The predicted molar refractivity (Wildman–Crippen MR) is 138 cm³/mol. The largest absolute Gasteiger partial charge is 0.457 e. The number of aromatic amines is 1. The number of nitrogens with one attached hydrogen (secondary N) is 1. The maximum absolute atomic E-state index is 13.2. The molecule has 1 aromatic rings. The standard InChI is InChI=1S/C29H41NO9/c1-13-10-14(2)29-17(11-20(36-6)27(35)37-22(13)16(4)31)19(32)12-28(5)24(29)21(33)15(3)23(25(28)39-29)38-26(34)18-8-7-9-30-18/h7-10,13,15-17,19-25,30-33H,11-12H2,1-6H3/b14-10+/t13-,15-,16-,17+,19-,20+,21-,22+,23-,24-,25+,28-,29+/m1/s1. The van der Waals surface area contributed by atoms with Crippen LogP contribution in [0.25, 0.3) is 0 Å². The van der Waals surface area contributed by atoms with Gasteiger partial charge in [0, 0.05) is 42.4 Å². The lowest BCUT2D eigenvalue weighted by Gasteiger charge is -2.56. The minimum absolute atomic E-state index is 0.0932. The second kappa shape index (κ2) is 9.99. The molecule has 4 N–H and O–H groups in total. The lowest BCUT2D eigenvalue weighted by molar-refractivity contribution is -0.179. The number of cyclic esters (lactones) is 1. The highest BCUT2D eigenvalue weighted by Gasteiger charge is 2.76. The number of aliphatic hydroxyl groups is 3. The first-order valence-corrected chi connectivity index (χ1v) is 13.8. The molecule has 10 nitrogen and oxygen atoms in total. The summed E-state index contributed by atoms with van der Waals surface area (Å²) in [7, 11) is 1.41. The van der Waals surface area contributed by atoms with Crippen LogP contribution in [0.4, 0.5) is 0 Å². The van der Waals surface area contributed by atoms with Crippen molar-refractivity contribution < 1.29 is 43.9 Å². The molecule has 3 heterocycles. The van der Waals surface area contributed by atoms with Gasteiger partial charge < -0.3 is 39.3 Å². The van der Waals surface area contributed by atoms with E-state index in [1.807, 2.05) is 33.8 Å². The van der Waals surface area contributed by atoms with Gasteiger partial charge in [-0.15, -0.1) is 0 Å². The van der Waals surface area contributed by atoms with Crippen molar-refractivity contribution in [3.8, 4) is 0 Å². The van der Waals surface area contributed by atoms with Gasteiger partial charge in [-0.3, -0.25) is 0 Å². The number of aromatic nitrogens is 1. The highest BCUT2D eigenvalue weighted by molar-refractivity contribution is 5.87. The Balaban J connectivity index is 1.64. The first kappa shape index (κ1) is 28.3. The van der Waals surface area contributed by atoms with E-state index in [1.165, 1.54) is 7.11 Å². The number of hydrogen-bond donors (Lipinski definition) is 4. The van der Waals surface area contributed by atoms with E-state index in [-0.39, 0.29) is 6.42 Å². The van der Waals surface area contributed by atoms with Crippen molar-refractivity contribution >= 4 is 11.9 Å². The molecule has 0 radical (unpaired) electrons. The zero-order valence-corrected chi connectivity index (χ0v) is 23.4. The van der Waals surface area contributed by atoms with E-state index in [2.05, 4.69) is 4.98 Å². The number of H-pyrrole nitrogens is 1. The molecular formula is C29H41NO9. The number of carbonyl (C=O) groups excluding carboxylic acids is 2. The molecule has 4 aliphatic rings. The number of hydrogen-bond acceptors (Lipinski definition) is 9. The summed E-state index contributed by atoms with van der Waals surface area (Å²) in [5.74, 6) is -3.06. The van der Waals surface area contributed by atoms with Crippen LogP contribution in [0.2, 0.25) is 0 Å². The Morgan fingerprint density at radius 3 is 2.62 bits per heavy atom. The van der Waals surface area contributed by atoms with Crippen LogP contribution in [0.1, 0.15) is 57.9 Å². The van der Waals surface area contributed by atoms with E-state index in [9.17, 15) is 24.9 Å². The van der Waals surface area contributed by atoms with E-state index < -0.39 is 89.4 Å². The van der Waals surface area contributed by atoms with Gasteiger partial charge in [0.15, 0.2) is 6.10 Å². The zero-order valence-electron chi connectivity index (χ0n) is 23.4. The van der Waals surface area contributed by atoms with Gasteiger partial charge in [-0.05, 0) is 44.4 Å². The molecule has 0 amide bonds. The number of methoxy groups -OCH3 is 1. The van der Waals surface area contributed by atoms with E-state index in [4.69, 9.17) is 18.9 Å². The summed E-state index contributed by atoms with van der Waals surface area (Å²) < 4.78 is 24.3. The molecule has 1 spiro atoms. The predicted octanol–water partition coefficient (Wildman–Crippen LogP) is 1.99. The molecule has 2 saturated carbocycles. The van der Waals surface area contributed by atoms with Crippen molar-refractivity contribution in [3.05, 3.63) is 35.7 Å². The Bertz CT molecular complexity index is 1120. The second-order valence-electron chi connectivity index (χ2n) is 12.3. The SMILES string of the molecule is CO[C@H]1C[C@H]2[C@H](O)C[C@]3(C)[C@H]4[C@H](O)[C@@H](C)[C@@H](OC(=O)c5ccc[nH]5)[C@@H]3O[C@]42/C(C)=C/[C@@H](C)[C@@H]([C@@H](C)O)OC1=O. The Kier molecular flexibility index (Phi) is 7.25. The van der Waals surface area contributed by atoms with Crippen LogP contribution >= 0.6 is 0 Å². The summed E-state index contributed by atoms with van der Waals surface area (Å²) >= 11 is 0. The Hall–Kier alpha value is -2.24. The van der Waals surface area contributed by atoms with Gasteiger partial charge in [0.1, 0.15) is 29.6 Å². The first-order valence-electron chi connectivity index (χ1n) is 13.8. The smallest absolute Gasteiger partial charge is 0.355 e. The molecule has 0 unspecified atom stereocenters. The summed E-state index contributed by atoms with van der Waals surface area (Å²) in [5.41, 5.74) is -0.809. The Labute approximate surface area is 228 Å². The highest BCUT2D eigenvalue weighted by Crippen LogP contribution is 2.68. The van der Waals surface area contributed by atoms with Gasteiger partial charge in [0.25, 0.3) is 0 Å². The number of rotatable bonds is 4. The van der Waals surface area contributed by atoms with Crippen LogP contribution in [0.5, 0.6) is 0 Å². The maximum Gasteiger partial charge on any atom is 0.355 e. The van der Waals surface area contributed by atoms with Crippen LogP contribution in [0, 0.1) is 29.1 Å². The van der Waals surface area contributed by atoms with E-state index in [1.54, 1.807) is 25.3 Å². The van der Waals surface area contributed by atoms with Crippen molar-refractivity contribution in [1.29, 1.82) is 0 Å². The molecule has 216 valence electrons. The Morgan fingerprint density at radius 2 is 2.00 bits per heavy atom. The molecule has 13 atom stereocenters. The number of aliphatic hydroxyl groups excluding tert-OH is 3. The minimum atomic E-state index is -1.16. The van der Waals surface area contributed by atoms with Crippen LogP contribution in [-0.2, 0) is 23.7 Å². The number of carbonyl (C=O) groups is 2. The van der Waals surface area contributed by atoms with Gasteiger partial charge in [0.05, 0.1) is 18.3 Å². The third-order valence-electron chi connectivity index (χ3n) is 9.96. The van der Waals surface area contributed by atoms with Crippen LogP contribution in [-0.4, -0.2) is 87.7 Å². The molecule has 39 heavy (non-hydrogen) atoms. The van der Waals surface area contributed by atoms with Crippen molar-refractivity contribution in [3.63, 3.8) is 0 Å². The van der Waals surface area contributed by atoms with Gasteiger partial charge in [-0.2, -0.15) is 0 Å². The summed E-state index contributed by atoms with van der Waals surface area (Å²) in [4.78, 5) is 29.0. The van der Waals surface area contributed by atoms with Gasteiger partial charge in [-0.25, -0.2) is 9.59 Å². The molecule has 1 aromatic heterocycles. The fraction of sp³-hybridized carbons (Fsp3) is 0.724. The minimum Gasteiger partial charge on any atom is -0.457 e. The second-order valence-corrected chi connectivity index (χ2v) is 12.3. The fourth-order valence-electron chi connectivity index (χ4n) is 8.15. The monoisotopic (exact) mass is 547 g/mol. The van der Waals surface area contributed by atoms with Gasteiger partial charge >= 0.3 is 11.9 Å². The van der Waals surface area contributed by atoms with Crippen molar-refractivity contribution in [1.82, 2.24) is 4.98 Å². The molecule has 2 aliphatic carbocycles. The molecule has 5 rings (SSSR count). The van der Waals surface area contributed by atoms with Gasteiger partial charge in [0.2, 0.25) is 0 Å². The van der Waals surface area contributed by atoms with Crippen LogP contribution in [0.3, 0.4) is 0 Å². The van der Waals surface area contributed by atoms with Crippen LogP contribution in [0.15, 0.2) is 30.0 Å². The molecule has 2 aliphatic heterocycles. The summed E-state index contributed by atoms with van der Waals surface area (Å²) in [6.45, 7) is 9.17. The van der Waals surface area contributed by atoms with Crippen molar-refractivity contribution in [2.75, 3.05) is 7.11 Å². The number of esters is 2. The fourth-order valence-corrected chi connectivity index (χ4v) is 8.15. The molecule has 3 fully saturated rings. The highest BCUT2D eigenvalue weighted by atomic mass is 16.6. The van der Waals surface area contributed by atoms with Crippen molar-refractivity contribution in [2.45, 2.75) is 95.8 Å². The third-order valence-corrected chi connectivity index (χ3v) is 9.96. The van der Waals surface area contributed by atoms with Gasteiger partial charge in [-0.1, -0.05) is 26.8 Å². The quantitative estimate of drug-likeness (QED) is 0.328. The summed E-state index contributed by atoms with van der Waals surface area (Å²) in [5, 5.41) is 34.0. The number of ether oxygens (including phenoxy) is 4. The van der Waals surface area contributed by atoms with E-state index in [0.29, 0.717) is 12.1 Å². The summed E-state index contributed by atoms with van der Waals surface area (Å²) in [6, 6.07) is 3.33. The zero-order chi connectivity index (χ0) is 28.4. The van der Waals surface area contributed by atoms with Crippen LogP contribution < -0.4 is 0 Å². The topological polar surface area (TPSA) is 148 Å². The van der Waals surface area contributed by atoms with E-state index in [0.717, 1.165) is 5.57 Å². The molecule has 10 heteroatoms. The van der Waals surface area contributed by atoms with E-state index >= 15 is 0 Å². The maximum atomic E-state index is 13.2. The molecule has 4 bridgehead atoms. The molecule has 0 aromatic carbocycles.